The number of aryl methyl sites for hydroxylation is 4. The van der Waals surface area contributed by atoms with Gasteiger partial charge in [-0.1, -0.05) is 36.4 Å². The van der Waals surface area contributed by atoms with E-state index < -0.39 is 0 Å². The summed E-state index contributed by atoms with van der Waals surface area (Å²) in [5.74, 6) is 0. The van der Waals surface area contributed by atoms with Gasteiger partial charge in [0.15, 0.2) is 0 Å². The molecule has 2 aromatic carbocycles. The van der Waals surface area contributed by atoms with Crippen LogP contribution in [0.4, 0.5) is 0 Å². The van der Waals surface area contributed by atoms with Crippen molar-refractivity contribution in [3.05, 3.63) is 65.0 Å². The minimum Gasteiger partial charge on any atom is -0.344 e. The number of aromatic amines is 1. The molecule has 19 heavy (non-hydrogen) atoms. The molecule has 1 aromatic heterocycles. The molecule has 0 atom stereocenters. The summed E-state index contributed by atoms with van der Waals surface area (Å²) in [6, 6.07) is 13.6. The van der Waals surface area contributed by atoms with Gasteiger partial charge in [-0.2, -0.15) is 0 Å². The van der Waals surface area contributed by atoms with E-state index in [1.807, 2.05) is 6.33 Å². The van der Waals surface area contributed by atoms with Crippen molar-refractivity contribution in [2.75, 3.05) is 0 Å². The van der Waals surface area contributed by atoms with Gasteiger partial charge in [0.05, 0.1) is 17.4 Å². The average molecular weight is 248 g/mol. The van der Waals surface area contributed by atoms with E-state index in [2.05, 4.69) is 46.4 Å². The number of H-pyrrole nitrogens is 1. The van der Waals surface area contributed by atoms with Gasteiger partial charge in [-0.25, -0.2) is 4.98 Å². The van der Waals surface area contributed by atoms with Gasteiger partial charge in [0.25, 0.3) is 0 Å². The predicted molar refractivity (Wildman–Crippen MR) is 77.4 cm³/mol. The van der Waals surface area contributed by atoms with Gasteiger partial charge in [-0.3, -0.25) is 0 Å². The van der Waals surface area contributed by atoms with Crippen LogP contribution in [0.15, 0.2) is 42.7 Å². The zero-order chi connectivity index (χ0) is 12.7. The van der Waals surface area contributed by atoms with Gasteiger partial charge in [-0.05, 0) is 47.9 Å². The van der Waals surface area contributed by atoms with E-state index in [1.54, 1.807) is 0 Å². The SMILES string of the molecule is c1nc2c3ccc(c2[nH]1)CCc1ccc(cc1)CC3. The third kappa shape index (κ3) is 1.84. The van der Waals surface area contributed by atoms with Crippen molar-refractivity contribution >= 4 is 11.0 Å². The van der Waals surface area contributed by atoms with Crippen molar-refractivity contribution in [2.24, 2.45) is 0 Å². The van der Waals surface area contributed by atoms with Crippen LogP contribution in [0.1, 0.15) is 22.3 Å². The van der Waals surface area contributed by atoms with Crippen LogP contribution in [0.5, 0.6) is 0 Å². The molecule has 1 heterocycles. The summed E-state index contributed by atoms with van der Waals surface area (Å²) in [5, 5.41) is 0. The summed E-state index contributed by atoms with van der Waals surface area (Å²) in [7, 11) is 0. The van der Waals surface area contributed by atoms with E-state index >= 15 is 0 Å². The van der Waals surface area contributed by atoms with Crippen LogP contribution in [0.25, 0.3) is 11.0 Å². The Hall–Kier alpha value is -2.09. The lowest BCUT2D eigenvalue weighted by molar-refractivity contribution is 0.931. The maximum absolute atomic E-state index is 4.51. The molecule has 7 rings (SSSR count). The maximum Gasteiger partial charge on any atom is 0.0932 e. The van der Waals surface area contributed by atoms with Crippen molar-refractivity contribution in [1.29, 1.82) is 0 Å². The molecule has 94 valence electrons. The predicted octanol–water partition coefficient (Wildman–Crippen LogP) is 3.45. The van der Waals surface area contributed by atoms with E-state index in [0.717, 1.165) is 31.2 Å². The molecule has 4 aliphatic carbocycles. The molecule has 4 bridgehead atoms. The zero-order valence-electron chi connectivity index (χ0n) is 10.8. The molecule has 2 heteroatoms. The lowest BCUT2D eigenvalue weighted by atomic mass is 9.95. The number of hydrogen-bond donors (Lipinski definition) is 1. The molecule has 0 radical (unpaired) electrons. The second-order valence-corrected chi connectivity index (χ2v) is 5.33. The Morgan fingerprint density at radius 2 is 1.37 bits per heavy atom. The first-order valence-electron chi connectivity index (χ1n) is 6.92. The highest BCUT2D eigenvalue weighted by atomic mass is 14.9. The van der Waals surface area contributed by atoms with Gasteiger partial charge in [0, 0.05) is 0 Å². The molecule has 4 aliphatic rings. The number of imidazole rings is 1. The van der Waals surface area contributed by atoms with E-state index in [9.17, 15) is 0 Å². The number of nitrogens with one attached hydrogen (secondary N) is 1. The van der Waals surface area contributed by atoms with Crippen LogP contribution in [0.3, 0.4) is 0 Å². The second kappa shape index (κ2) is 4.23. The van der Waals surface area contributed by atoms with E-state index in [4.69, 9.17) is 0 Å². The smallest absolute Gasteiger partial charge is 0.0932 e. The van der Waals surface area contributed by atoms with E-state index in [1.165, 1.54) is 27.8 Å². The molecule has 0 saturated heterocycles. The van der Waals surface area contributed by atoms with Gasteiger partial charge >= 0.3 is 0 Å². The Balaban J connectivity index is 1.88. The van der Waals surface area contributed by atoms with Crippen molar-refractivity contribution in [2.45, 2.75) is 25.7 Å². The highest BCUT2D eigenvalue weighted by Gasteiger charge is 2.10. The van der Waals surface area contributed by atoms with Gasteiger partial charge in [-0.15, -0.1) is 0 Å². The molecule has 1 N–H and O–H groups in total. The van der Waals surface area contributed by atoms with Crippen molar-refractivity contribution < 1.29 is 0 Å². The average Bonchev–Trinajstić information content (AvgIpc) is 2.91. The van der Waals surface area contributed by atoms with Crippen LogP contribution in [0, 0.1) is 0 Å². The molecule has 0 fully saturated rings. The quantitative estimate of drug-likeness (QED) is 0.648. The molecule has 3 aromatic rings. The van der Waals surface area contributed by atoms with Crippen LogP contribution in [-0.2, 0) is 25.7 Å². The molecule has 0 saturated carbocycles. The highest BCUT2D eigenvalue weighted by molar-refractivity contribution is 5.81. The zero-order valence-corrected chi connectivity index (χ0v) is 10.8. The fourth-order valence-corrected chi connectivity index (χ4v) is 2.99. The number of aromatic nitrogens is 2. The Morgan fingerprint density at radius 3 is 2.11 bits per heavy atom. The lowest BCUT2D eigenvalue weighted by Gasteiger charge is -2.10. The fraction of sp³-hybridized carbons (Fsp3) is 0.235. The Bertz CT molecular complexity index is 662. The van der Waals surface area contributed by atoms with Crippen LogP contribution in [-0.4, -0.2) is 9.97 Å². The number of rotatable bonds is 0. The summed E-state index contributed by atoms with van der Waals surface area (Å²) in [4.78, 5) is 7.83. The number of hydrogen-bond acceptors (Lipinski definition) is 1. The molecular formula is C17H16N2. The molecule has 0 aliphatic heterocycles. The van der Waals surface area contributed by atoms with E-state index in [-0.39, 0.29) is 0 Å². The first kappa shape index (κ1) is 10.8. The van der Waals surface area contributed by atoms with Gasteiger partial charge in [0.2, 0.25) is 0 Å². The van der Waals surface area contributed by atoms with Gasteiger partial charge < -0.3 is 4.98 Å². The van der Waals surface area contributed by atoms with Crippen molar-refractivity contribution in [3.63, 3.8) is 0 Å². The summed E-state index contributed by atoms with van der Waals surface area (Å²) in [6.07, 6.45) is 6.12. The summed E-state index contributed by atoms with van der Waals surface area (Å²) in [5.41, 5.74) is 7.95. The van der Waals surface area contributed by atoms with E-state index in [0.29, 0.717) is 0 Å². The monoisotopic (exact) mass is 248 g/mol. The largest absolute Gasteiger partial charge is 0.344 e. The molecule has 2 nitrogen and oxygen atoms in total. The Morgan fingerprint density at radius 1 is 0.737 bits per heavy atom. The first-order chi connectivity index (χ1) is 9.40. The second-order valence-electron chi connectivity index (χ2n) is 5.33. The molecule has 0 spiro atoms. The fourth-order valence-electron chi connectivity index (χ4n) is 2.99. The third-order valence-corrected chi connectivity index (χ3v) is 4.14. The lowest BCUT2D eigenvalue weighted by Crippen LogP contribution is -1.99. The molecule has 0 amide bonds. The van der Waals surface area contributed by atoms with Crippen LogP contribution in [0.2, 0.25) is 0 Å². The highest BCUT2D eigenvalue weighted by Crippen LogP contribution is 2.23. The topological polar surface area (TPSA) is 28.7 Å². The van der Waals surface area contributed by atoms with Crippen LogP contribution >= 0.6 is 0 Å². The first-order valence-corrected chi connectivity index (χ1v) is 6.92. The Kier molecular flexibility index (Phi) is 2.41. The normalized spacial score (nSPS) is 14.5. The third-order valence-electron chi connectivity index (χ3n) is 4.14. The van der Waals surface area contributed by atoms with Crippen LogP contribution < -0.4 is 0 Å². The number of nitrogens with zero attached hydrogens (tertiary/aromatic N) is 1. The summed E-state index contributed by atoms with van der Waals surface area (Å²) in [6.45, 7) is 0. The molecular weight excluding hydrogens is 232 g/mol. The van der Waals surface area contributed by atoms with Crippen molar-refractivity contribution in [1.82, 2.24) is 9.97 Å². The van der Waals surface area contributed by atoms with Gasteiger partial charge in [0.1, 0.15) is 0 Å². The van der Waals surface area contributed by atoms with Crippen molar-refractivity contribution in [3.8, 4) is 0 Å². The standard InChI is InChI=1S/C17H16N2/c1-2-13-4-3-12(1)5-7-14-9-10-15(8-6-13)17-16(14)18-11-19-17/h1-4,9-11H,5-8H2,(H,18,19). The Labute approximate surface area is 112 Å². The molecule has 0 unspecified atom stereocenters. The summed E-state index contributed by atoms with van der Waals surface area (Å²) < 4.78 is 0. The minimum atomic E-state index is 1.06. The maximum atomic E-state index is 4.51. The number of benzene rings is 2. The minimum absolute atomic E-state index is 1.06. The summed E-state index contributed by atoms with van der Waals surface area (Å²) >= 11 is 0.